The zero-order valence-corrected chi connectivity index (χ0v) is 12.8. The van der Waals surface area contributed by atoms with Crippen LogP contribution in [0.1, 0.15) is 16.7 Å². The number of hydrogen-bond donors (Lipinski definition) is 2. The summed E-state index contributed by atoms with van der Waals surface area (Å²) >= 11 is 3.08. The third-order valence-corrected chi connectivity index (χ3v) is 3.68. The molecule has 106 valence electrons. The fourth-order valence-electron chi connectivity index (χ4n) is 2.05. The summed E-state index contributed by atoms with van der Waals surface area (Å²) in [6.45, 7) is 3.90. The Kier molecular flexibility index (Phi) is 4.28. The molecular weight excluding hydrogens is 326 g/mol. The Bertz CT molecular complexity index is 634. The highest BCUT2D eigenvalue weighted by molar-refractivity contribution is 9.10. The molecule has 0 saturated carbocycles. The second-order valence-corrected chi connectivity index (χ2v) is 5.61. The van der Waals surface area contributed by atoms with Crippen LogP contribution in [0.3, 0.4) is 0 Å². The predicted molar refractivity (Wildman–Crippen MR) is 81.7 cm³/mol. The Hall–Kier alpha value is -1.62. The Balaban J connectivity index is 2.19. The van der Waals surface area contributed by atoms with Crippen LogP contribution in [-0.2, 0) is 6.54 Å². The van der Waals surface area contributed by atoms with Crippen molar-refractivity contribution in [2.24, 2.45) is 0 Å². The molecule has 2 rings (SSSR count). The number of aryl methyl sites for hydroxylation is 2. The number of nitrogen functional groups attached to an aromatic ring is 1. The maximum Gasteiger partial charge on any atom is 0.139 e. The van der Waals surface area contributed by atoms with Crippen molar-refractivity contribution in [1.29, 1.82) is 0 Å². The number of rotatable bonds is 3. The van der Waals surface area contributed by atoms with Gasteiger partial charge in [-0.25, -0.2) is 8.78 Å². The van der Waals surface area contributed by atoms with Gasteiger partial charge in [-0.2, -0.15) is 0 Å². The van der Waals surface area contributed by atoms with Gasteiger partial charge in [0.2, 0.25) is 0 Å². The van der Waals surface area contributed by atoms with E-state index < -0.39 is 0 Å². The van der Waals surface area contributed by atoms with E-state index in [-0.39, 0.29) is 11.6 Å². The van der Waals surface area contributed by atoms with Crippen LogP contribution >= 0.6 is 15.9 Å². The zero-order chi connectivity index (χ0) is 14.9. The molecular formula is C15H15BrF2N2. The lowest BCUT2D eigenvalue weighted by Gasteiger charge is -2.12. The van der Waals surface area contributed by atoms with Gasteiger partial charge in [-0.3, -0.25) is 0 Å². The van der Waals surface area contributed by atoms with Crippen molar-refractivity contribution >= 4 is 27.3 Å². The monoisotopic (exact) mass is 340 g/mol. The SMILES string of the molecule is Cc1cc(CNc2cc(F)c(Br)cc2N)cc(C)c1F. The van der Waals surface area contributed by atoms with Crippen LogP contribution < -0.4 is 11.1 Å². The van der Waals surface area contributed by atoms with Gasteiger partial charge in [0.05, 0.1) is 15.8 Å². The van der Waals surface area contributed by atoms with Crippen molar-refractivity contribution in [3.8, 4) is 0 Å². The number of nitrogens with one attached hydrogen (secondary N) is 1. The largest absolute Gasteiger partial charge is 0.397 e. The number of anilines is 2. The molecule has 3 N–H and O–H groups in total. The lowest BCUT2D eigenvalue weighted by molar-refractivity contribution is 0.608. The van der Waals surface area contributed by atoms with Crippen molar-refractivity contribution in [1.82, 2.24) is 0 Å². The third-order valence-electron chi connectivity index (χ3n) is 3.07. The van der Waals surface area contributed by atoms with Crippen LogP contribution in [-0.4, -0.2) is 0 Å². The molecule has 0 aromatic heterocycles. The van der Waals surface area contributed by atoms with Gasteiger partial charge in [0, 0.05) is 12.6 Å². The number of halogens is 3. The quantitative estimate of drug-likeness (QED) is 0.805. The maximum atomic E-state index is 13.5. The first-order chi connectivity index (χ1) is 9.38. The Morgan fingerprint density at radius 2 is 1.70 bits per heavy atom. The minimum atomic E-state index is -0.381. The van der Waals surface area contributed by atoms with E-state index >= 15 is 0 Å². The molecule has 0 aliphatic heterocycles. The van der Waals surface area contributed by atoms with Gasteiger partial charge in [0.1, 0.15) is 11.6 Å². The molecule has 2 aromatic carbocycles. The Morgan fingerprint density at radius 1 is 1.10 bits per heavy atom. The highest BCUT2D eigenvalue weighted by atomic mass is 79.9. The molecule has 5 heteroatoms. The highest BCUT2D eigenvalue weighted by Gasteiger charge is 2.07. The van der Waals surface area contributed by atoms with E-state index in [9.17, 15) is 8.78 Å². The van der Waals surface area contributed by atoms with Gasteiger partial charge < -0.3 is 11.1 Å². The summed E-state index contributed by atoms with van der Waals surface area (Å²) in [6, 6.07) is 6.38. The van der Waals surface area contributed by atoms with E-state index in [1.54, 1.807) is 26.0 Å². The minimum absolute atomic E-state index is 0.192. The molecule has 2 nitrogen and oxygen atoms in total. The fourth-order valence-corrected chi connectivity index (χ4v) is 2.41. The molecule has 0 amide bonds. The summed E-state index contributed by atoms with van der Waals surface area (Å²) in [5, 5.41) is 3.06. The van der Waals surface area contributed by atoms with Crippen LogP contribution in [0.25, 0.3) is 0 Å². The second-order valence-electron chi connectivity index (χ2n) is 4.75. The van der Waals surface area contributed by atoms with Crippen molar-refractivity contribution < 1.29 is 8.78 Å². The van der Waals surface area contributed by atoms with Gasteiger partial charge >= 0.3 is 0 Å². The molecule has 0 unspecified atom stereocenters. The molecule has 0 heterocycles. The van der Waals surface area contributed by atoms with E-state index in [1.807, 2.05) is 0 Å². The normalized spacial score (nSPS) is 10.7. The molecule has 0 radical (unpaired) electrons. The lowest BCUT2D eigenvalue weighted by Crippen LogP contribution is -2.04. The average Bonchev–Trinajstić information content (AvgIpc) is 2.38. The smallest absolute Gasteiger partial charge is 0.139 e. The van der Waals surface area contributed by atoms with Crippen LogP contribution in [0, 0.1) is 25.5 Å². The molecule has 0 fully saturated rings. The van der Waals surface area contributed by atoms with Gasteiger partial charge in [-0.1, -0.05) is 12.1 Å². The molecule has 0 saturated heterocycles. The van der Waals surface area contributed by atoms with E-state index in [4.69, 9.17) is 5.73 Å². The van der Waals surface area contributed by atoms with Crippen molar-refractivity contribution in [2.75, 3.05) is 11.1 Å². The molecule has 0 aliphatic rings. The highest BCUT2D eigenvalue weighted by Crippen LogP contribution is 2.27. The predicted octanol–water partition coefficient (Wildman–Crippen LogP) is 4.54. The van der Waals surface area contributed by atoms with E-state index in [0.717, 1.165) is 5.56 Å². The first-order valence-electron chi connectivity index (χ1n) is 6.12. The van der Waals surface area contributed by atoms with Crippen LogP contribution in [0.15, 0.2) is 28.7 Å². The second kappa shape index (κ2) is 5.79. The number of nitrogens with two attached hydrogens (primary N) is 1. The first kappa shape index (κ1) is 14.8. The zero-order valence-electron chi connectivity index (χ0n) is 11.2. The summed E-state index contributed by atoms with van der Waals surface area (Å²) in [6.07, 6.45) is 0. The topological polar surface area (TPSA) is 38.0 Å². The molecule has 0 atom stereocenters. The third kappa shape index (κ3) is 3.10. The van der Waals surface area contributed by atoms with Gasteiger partial charge in [0.15, 0.2) is 0 Å². The molecule has 0 bridgehead atoms. The molecule has 0 spiro atoms. The fraction of sp³-hybridized carbons (Fsp3) is 0.200. The van der Waals surface area contributed by atoms with Crippen LogP contribution in [0.2, 0.25) is 0 Å². The summed E-state index contributed by atoms with van der Waals surface area (Å²) in [7, 11) is 0. The summed E-state index contributed by atoms with van der Waals surface area (Å²) in [5.74, 6) is -0.573. The maximum absolute atomic E-state index is 13.5. The Labute approximate surface area is 125 Å². The summed E-state index contributed by atoms with van der Waals surface area (Å²) < 4.78 is 27.3. The van der Waals surface area contributed by atoms with Crippen LogP contribution in [0.4, 0.5) is 20.2 Å². The van der Waals surface area contributed by atoms with Crippen molar-refractivity contribution in [2.45, 2.75) is 20.4 Å². The number of hydrogen-bond acceptors (Lipinski definition) is 2. The van der Waals surface area contributed by atoms with E-state index in [0.29, 0.717) is 33.5 Å². The molecule has 20 heavy (non-hydrogen) atoms. The molecule has 0 aliphatic carbocycles. The van der Waals surface area contributed by atoms with Crippen LogP contribution in [0.5, 0.6) is 0 Å². The minimum Gasteiger partial charge on any atom is -0.397 e. The Morgan fingerprint density at radius 3 is 2.30 bits per heavy atom. The molecule has 2 aromatic rings. The van der Waals surface area contributed by atoms with Crippen molar-refractivity contribution in [3.05, 3.63) is 57.1 Å². The van der Waals surface area contributed by atoms with E-state index in [1.165, 1.54) is 12.1 Å². The lowest BCUT2D eigenvalue weighted by atomic mass is 10.1. The van der Waals surface area contributed by atoms with E-state index in [2.05, 4.69) is 21.2 Å². The van der Waals surface area contributed by atoms with Gasteiger partial charge in [0.25, 0.3) is 0 Å². The van der Waals surface area contributed by atoms with Gasteiger partial charge in [-0.05, 0) is 52.5 Å². The number of benzene rings is 2. The van der Waals surface area contributed by atoms with Gasteiger partial charge in [-0.15, -0.1) is 0 Å². The summed E-state index contributed by atoms with van der Waals surface area (Å²) in [4.78, 5) is 0. The standard InChI is InChI=1S/C15H15BrF2N2/c1-8-3-10(4-9(2)15(8)18)7-20-14-6-12(17)11(16)5-13(14)19/h3-6,20H,7,19H2,1-2H3. The van der Waals surface area contributed by atoms with Crippen molar-refractivity contribution in [3.63, 3.8) is 0 Å². The summed E-state index contributed by atoms with van der Waals surface area (Å²) in [5.41, 5.74) is 8.90. The first-order valence-corrected chi connectivity index (χ1v) is 6.92. The average molecular weight is 341 g/mol.